The predicted octanol–water partition coefficient (Wildman–Crippen LogP) is 2.63. The number of benzene rings is 1. The Bertz CT molecular complexity index is 489. The van der Waals surface area contributed by atoms with E-state index in [9.17, 15) is 18.0 Å². The standard InChI is InChI=1S/C14H18F3NO3/c1-10-3-4-11(2)12(7-10)21-6-5-18(8-13(19)20)9-14(15,16)17/h3-4,7H,5-6,8-9H2,1-2H3,(H,19,20). The molecule has 21 heavy (non-hydrogen) atoms. The molecule has 0 fully saturated rings. The lowest BCUT2D eigenvalue weighted by Crippen LogP contribution is -2.40. The van der Waals surface area contributed by atoms with Crippen LogP contribution >= 0.6 is 0 Å². The second kappa shape index (κ2) is 7.31. The highest BCUT2D eigenvalue weighted by molar-refractivity contribution is 5.69. The van der Waals surface area contributed by atoms with Crippen molar-refractivity contribution in [2.24, 2.45) is 0 Å². The first-order chi connectivity index (χ1) is 9.67. The molecule has 0 heterocycles. The summed E-state index contributed by atoms with van der Waals surface area (Å²) in [5.41, 5.74) is 1.86. The van der Waals surface area contributed by atoms with Crippen molar-refractivity contribution in [2.75, 3.05) is 26.2 Å². The van der Waals surface area contributed by atoms with Crippen molar-refractivity contribution in [3.63, 3.8) is 0 Å². The van der Waals surface area contributed by atoms with Crippen LogP contribution in [0.25, 0.3) is 0 Å². The minimum absolute atomic E-state index is 0.00630. The van der Waals surface area contributed by atoms with Crippen LogP contribution in [0.15, 0.2) is 18.2 Å². The van der Waals surface area contributed by atoms with Gasteiger partial charge in [-0.3, -0.25) is 9.69 Å². The van der Waals surface area contributed by atoms with Gasteiger partial charge in [0.25, 0.3) is 0 Å². The molecular weight excluding hydrogens is 287 g/mol. The van der Waals surface area contributed by atoms with E-state index in [4.69, 9.17) is 9.84 Å². The van der Waals surface area contributed by atoms with E-state index in [2.05, 4.69) is 0 Å². The van der Waals surface area contributed by atoms with Crippen LogP contribution in [0.1, 0.15) is 11.1 Å². The smallest absolute Gasteiger partial charge is 0.401 e. The molecule has 1 rings (SSSR count). The van der Waals surface area contributed by atoms with E-state index in [0.29, 0.717) is 5.75 Å². The number of nitrogens with zero attached hydrogens (tertiary/aromatic N) is 1. The molecule has 0 aliphatic heterocycles. The number of hydrogen-bond donors (Lipinski definition) is 1. The third-order valence-corrected chi connectivity index (χ3v) is 2.77. The quantitative estimate of drug-likeness (QED) is 0.841. The number of aliphatic carboxylic acids is 1. The van der Waals surface area contributed by atoms with Gasteiger partial charge in [0.1, 0.15) is 12.4 Å². The van der Waals surface area contributed by atoms with Gasteiger partial charge in [-0.2, -0.15) is 13.2 Å². The molecule has 7 heteroatoms. The van der Waals surface area contributed by atoms with Crippen LogP contribution in [0, 0.1) is 13.8 Å². The Morgan fingerprint density at radius 1 is 1.33 bits per heavy atom. The average molecular weight is 305 g/mol. The molecule has 0 aliphatic carbocycles. The van der Waals surface area contributed by atoms with Crippen molar-refractivity contribution in [1.29, 1.82) is 0 Å². The minimum Gasteiger partial charge on any atom is -0.492 e. The SMILES string of the molecule is Cc1ccc(C)c(OCCN(CC(=O)O)CC(F)(F)F)c1. The summed E-state index contributed by atoms with van der Waals surface area (Å²) in [7, 11) is 0. The van der Waals surface area contributed by atoms with Crippen molar-refractivity contribution in [3.8, 4) is 5.75 Å². The monoisotopic (exact) mass is 305 g/mol. The number of alkyl halides is 3. The number of carboxylic acids is 1. The summed E-state index contributed by atoms with van der Waals surface area (Å²) in [6.07, 6.45) is -4.44. The largest absolute Gasteiger partial charge is 0.492 e. The molecule has 0 aromatic heterocycles. The second-order valence-electron chi connectivity index (χ2n) is 4.84. The van der Waals surface area contributed by atoms with Crippen molar-refractivity contribution >= 4 is 5.97 Å². The Morgan fingerprint density at radius 2 is 2.00 bits per heavy atom. The van der Waals surface area contributed by atoms with E-state index >= 15 is 0 Å². The summed E-state index contributed by atoms with van der Waals surface area (Å²) < 4.78 is 42.5. The lowest BCUT2D eigenvalue weighted by atomic mass is 10.1. The van der Waals surface area contributed by atoms with E-state index in [0.717, 1.165) is 16.0 Å². The lowest BCUT2D eigenvalue weighted by Gasteiger charge is -2.22. The highest BCUT2D eigenvalue weighted by Crippen LogP contribution is 2.19. The van der Waals surface area contributed by atoms with E-state index < -0.39 is 25.2 Å². The number of aryl methyl sites for hydroxylation is 2. The maximum atomic E-state index is 12.3. The summed E-state index contributed by atoms with van der Waals surface area (Å²) in [4.78, 5) is 11.4. The number of ether oxygens (including phenoxy) is 1. The molecule has 0 unspecified atom stereocenters. The van der Waals surface area contributed by atoms with E-state index in [-0.39, 0.29) is 13.2 Å². The number of carboxylic acid groups (broad SMARTS) is 1. The van der Waals surface area contributed by atoms with Crippen molar-refractivity contribution in [2.45, 2.75) is 20.0 Å². The average Bonchev–Trinajstić information content (AvgIpc) is 2.30. The summed E-state index contributed by atoms with van der Waals surface area (Å²) in [5.74, 6) is -0.705. The zero-order valence-corrected chi connectivity index (χ0v) is 11.9. The van der Waals surface area contributed by atoms with Crippen LogP contribution in [0.4, 0.5) is 13.2 Å². The zero-order chi connectivity index (χ0) is 16.0. The first-order valence-corrected chi connectivity index (χ1v) is 6.38. The summed E-state index contributed by atoms with van der Waals surface area (Å²) in [6, 6.07) is 5.55. The van der Waals surface area contributed by atoms with Crippen LogP contribution in [-0.2, 0) is 4.79 Å². The fourth-order valence-electron chi connectivity index (χ4n) is 1.81. The van der Waals surface area contributed by atoms with Gasteiger partial charge in [0.2, 0.25) is 0 Å². The molecule has 0 radical (unpaired) electrons. The molecule has 0 saturated heterocycles. The van der Waals surface area contributed by atoms with Gasteiger partial charge in [-0.05, 0) is 31.0 Å². The van der Waals surface area contributed by atoms with Gasteiger partial charge in [-0.15, -0.1) is 0 Å². The Morgan fingerprint density at radius 3 is 2.57 bits per heavy atom. The molecule has 0 atom stereocenters. The Labute approximate surface area is 121 Å². The molecular formula is C14H18F3NO3. The van der Waals surface area contributed by atoms with Gasteiger partial charge < -0.3 is 9.84 Å². The van der Waals surface area contributed by atoms with Gasteiger partial charge in [-0.1, -0.05) is 12.1 Å². The summed E-state index contributed by atoms with van der Waals surface area (Å²) >= 11 is 0. The van der Waals surface area contributed by atoms with Crippen molar-refractivity contribution in [1.82, 2.24) is 4.90 Å². The summed E-state index contributed by atoms with van der Waals surface area (Å²) in [6.45, 7) is 1.66. The minimum atomic E-state index is -4.44. The highest BCUT2D eigenvalue weighted by atomic mass is 19.4. The van der Waals surface area contributed by atoms with Gasteiger partial charge in [0, 0.05) is 6.54 Å². The molecule has 118 valence electrons. The third kappa shape index (κ3) is 6.99. The topological polar surface area (TPSA) is 49.8 Å². The van der Waals surface area contributed by atoms with Gasteiger partial charge in [0.05, 0.1) is 13.1 Å². The lowest BCUT2D eigenvalue weighted by molar-refractivity contribution is -0.154. The number of rotatable bonds is 7. The maximum absolute atomic E-state index is 12.3. The molecule has 0 saturated carbocycles. The number of hydrogen-bond acceptors (Lipinski definition) is 3. The van der Waals surface area contributed by atoms with Gasteiger partial charge in [0.15, 0.2) is 0 Å². The van der Waals surface area contributed by atoms with Crippen LogP contribution in [-0.4, -0.2) is 48.4 Å². The van der Waals surface area contributed by atoms with E-state index in [1.165, 1.54) is 0 Å². The van der Waals surface area contributed by atoms with Gasteiger partial charge >= 0.3 is 12.1 Å². The fourth-order valence-corrected chi connectivity index (χ4v) is 1.81. The molecule has 1 aromatic carbocycles. The van der Waals surface area contributed by atoms with Gasteiger partial charge in [-0.25, -0.2) is 0 Å². The van der Waals surface area contributed by atoms with Crippen molar-refractivity contribution < 1.29 is 27.8 Å². The Hall–Kier alpha value is -1.76. The Balaban J connectivity index is 2.56. The number of carbonyl (C=O) groups is 1. The van der Waals surface area contributed by atoms with E-state index in [1.807, 2.05) is 26.0 Å². The Kier molecular flexibility index (Phi) is 6.02. The molecule has 0 amide bonds. The molecule has 0 bridgehead atoms. The number of halogens is 3. The first-order valence-electron chi connectivity index (χ1n) is 6.38. The fraction of sp³-hybridized carbons (Fsp3) is 0.500. The normalized spacial score (nSPS) is 11.7. The predicted molar refractivity (Wildman–Crippen MR) is 71.5 cm³/mol. The van der Waals surface area contributed by atoms with E-state index in [1.54, 1.807) is 6.07 Å². The molecule has 4 nitrogen and oxygen atoms in total. The van der Waals surface area contributed by atoms with Crippen LogP contribution in [0.3, 0.4) is 0 Å². The van der Waals surface area contributed by atoms with Crippen LogP contribution < -0.4 is 4.74 Å². The molecule has 1 aromatic rings. The molecule has 0 aliphatic rings. The highest BCUT2D eigenvalue weighted by Gasteiger charge is 2.31. The van der Waals surface area contributed by atoms with Crippen LogP contribution in [0.2, 0.25) is 0 Å². The molecule has 0 spiro atoms. The first kappa shape index (κ1) is 17.3. The maximum Gasteiger partial charge on any atom is 0.401 e. The second-order valence-corrected chi connectivity index (χ2v) is 4.84. The summed E-state index contributed by atoms with van der Waals surface area (Å²) in [5, 5.41) is 8.63. The van der Waals surface area contributed by atoms with Crippen LogP contribution in [0.5, 0.6) is 5.75 Å². The zero-order valence-electron chi connectivity index (χ0n) is 11.9. The van der Waals surface area contributed by atoms with Crippen molar-refractivity contribution in [3.05, 3.63) is 29.3 Å². The third-order valence-electron chi connectivity index (χ3n) is 2.77. The molecule has 1 N–H and O–H groups in total.